The molecule has 3 N–H and O–H groups in total. The lowest BCUT2D eigenvalue weighted by Crippen LogP contribution is -2.23. The van der Waals surface area contributed by atoms with E-state index in [-0.39, 0.29) is 5.56 Å². The Kier molecular flexibility index (Phi) is 3.79. The van der Waals surface area contributed by atoms with Crippen LogP contribution in [0.25, 0.3) is 10.2 Å². The minimum Gasteiger partial charge on any atom is -0.369 e. The molecule has 0 saturated carbocycles. The van der Waals surface area contributed by atoms with Crippen molar-refractivity contribution in [3.8, 4) is 0 Å². The third-order valence-corrected chi connectivity index (χ3v) is 5.98. The van der Waals surface area contributed by atoms with Gasteiger partial charge in [-0.25, -0.2) is 4.98 Å². The van der Waals surface area contributed by atoms with Crippen LogP contribution in [0.3, 0.4) is 0 Å². The number of aromatic nitrogens is 2. The summed E-state index contributed by atoms with van der Waals surface area (Å²) in [5, 5.41) is 0.781. The Balaban J connectivity index is 2.05. The van der Waals surface area contributed by atoms with Crippen molar-refractivity contribution in [1.82, 2.24) is 9.97 Å². The van der Waals surface area contributed by atoms with Gasteiger partial charge >= 0.3 is 0 Å². The highest BCUT2D eigenvalue weighted by atomic mass is 32.2. The van der Waals surface area contributed by atoms with Crippen LogP contribution in [-0.2, 0) is 17.6 Å². The summed E-state index contributed by atoms with van der Waals surface area (Å²) in [6.07, 6.45) is 3.09. The zero-order chi connectivity index (χ0) is 15.1. The average molecular weight is 323 g/mol. The number of primary amides is 1. The first-order valence-electron chi connectivity index (χ1n) is 6.96. The zero-order valence-electron chi connectivity index (χ0n) is 11.9. The van der Waals surface area contributed by atoms with E-state index in [1.54, 1.807) is 18.3 Å². The quantitative estimate of drug-likeness (QED) is 0.668. The highest BCUT2D eigenvalue weighted by Crippen LogP contribution is 2.36. The number of H-pyrrole nitrogens is 1. The van der Waals surface area contributed by atoms with Crippen molar-refractivity contribution in [2.24, 2.45) is 11.7 Å². The number of aromatic amines is 1. The van der Waals surface area contributed by atoms with Gasteiger partial charge in [-0.1, -0.05) is 18.7 Å². The van der Waals surface area contributed by atoms with Gasteiger partial charge in [0.05, 0.1) is 10.6 Å². The number of fused-ring (bicyclic) bond motifs is 3. The van der Waals surface area contributed by atoms with Crippen LogP contribution in [-0.4, -0.2) is 21.1 Å². The molecule has 1 amide bonds. The Hall–Kier alpha value is -1.34. The van der Waals surface area contributed by atoms with E-state index in [0.717, 1.165) is 29.5 Å². The molecule has 0 radical (unpaired) electrons. The minimum absolute atomic E-state index is 0.105. The van der Waals surface area contributed by atoms with E-state index < -0.39 is 11.2 Å². The van der Waals surface area contributed by atoms with Gasteiger partial charge in [-0.2, -0.15) is 0 Å². The molecule has 7 heteroatoms. The van der Waals surface area contributed by atoms with E-state index in [0.29, 0.717) is 11.1 Å². The first-order valence-corrected chi connectivity index (χ1v) is 8.66. The van der Waals surface area contributed by atoms with Gasteiger partial charge in [0.1, 0.15) is 4.83 Å². The number of hydrogen-bond acceptors (Lipinski definition) is 5. The molecule has 0 saturated heterocycles. The number of thioether (sulfide) groups is 1. The number of nitrogens with zero attached hydrogens (tertiary/aromatic N) is 1. The lowest BCUT2D eigenvalue weighted by Gasteiger charge is -2.17. The Morgan fingerprint density at radius 2 is 2.33 bits per heavy atom. The molecule has 0 spiro atoms. The molecule has 0 aromatic carbocycles. The molecule has 2 aromatic rings. The third kappa shape index (κ3) is 2.72. The third-order valence-electron chi connectivity index (χ3n) is 3.83. The van der Waals surface area contributed by atoms with E-state index in [4.69, 9.17) is 5.73 Å². The number of aryl methyl sites for hydroxylation is 1. The predicted molar refractivity (Wildman–Crippen MR) is 85.9 cm³/mol. The molecule has 2 atom stereocenters. The van der Waals surface area contributed by atoms with Crippen LogP contribution in [0.2, 0.25) is 0 Å². The van der Waals surface area contributed by atoms with Crippen molar-refractivity contribution >= 4 is 39.2 Å². The molecule has 1 aliphatic carbocycles. The van der Waals surface area contributed by atoms with Crippen molar-refractivity contribution in [3.05, 3.63) is 20.8 Å². The van der Waals surface area contributed by atoms with Gasteiger partial charge in [0.15, 0.2) is 5.16 Å². The summed E-state index contributed by atoms with van der Waals surface area (Å²) in [4.78, 5) is 32.8. The maximum atomic E-state index is 12.3. The fourth-order valence-electron chi connectivity index (χ4n) is 2.61. The summed E-state index contributed by atoms with van der Waals surface area (Å²) < 4.78 is 0. The number of amides is 1. The molecule has 2 aromatic heterocycles. The Bertz CT molecular complexity index is 765. The molecule has 0 bridgehead atoms. The fourth-order valence-corrected chi connectivity index (χ4v) is 4.80. The van der Waals surface area contributed by atoms with Crippen LogP contribution in [0.5, 0.6) is 0 Å². The van der Waals surface area contributed by atoms with E-state index in [1.165, 1.54) is 22.2 Å². The zero-order valence-corrected chi connectivity index (χ0v) is 13.6. The Morgan fingerprint density at radius 1 is 1.57 bits per heavy atom. The van der Waals surface area contributed by atoms with E-state index in [9.17, 15) is 9.59 Å². The number of carbonyl (C=O) groups excluding carboxylic acids is 1. The molecule has 1 aliphatic rings. The van der Waals surface area contributed by atoms with E-state index in [1.807, 2.05) is 0 Å². The summed E-state index contributed by atoms with van der Waals surface area (Å²) in [6, 6.07) is 0. The highest BCUT2D eigenvalue weighted by Gasteiger charge is 2.23. The predicted octanol–water partition coefficient (Wildman–Crippen LogP) is 2.08. The van der Waals surface area contributed by atoms with Crippen molar-refractivity contribution in [1.29, 1.82) is 0 Å². The van der Waals surface area contributed by atoms with Crippen molar-refractivity contribution in [2.45, 2.75) is 43.5 Å². The first-order chi connectivity index (χ1) is 9.95. The largest absolute Gasteiger partial charge is 0.369 e. The van der Waals surface area contributed by atoms with Crippen LogP contribution < -0.4 is 11.3 Å². The maximum absolute atomic E-state index is 12.3. The van der Waals surface area contributed by atoms with E-state index in [2.05, 4.69) is 16.9 Å². The monoisotopic (exact) mass is 323 g/mol. The van der Waals surface area contributed by atoms with Gasteiger partial charge in [-0.3, -0.25) is 9.59 Å². The molecular formula is C14H17N3O2S2. The molecule has 0 aliphatic heterocycles. The maximum Gasteiger partial charge on any atom is 0.260 e. The molecule has 0 unspecified atom stereocenters. The highest BCUT2D eigenvalue weighted by molar-refractivity contribution is 8.00. The molecule has 21 heavy (non-hydrogen) atoms. The van der Waals surface area contributed by atoms with Gasteiger partial charge < -0.3 is 10.7 Å². The van der Waals surface area contributed by atoms with Gasteiger partial charge in [0.25, 0.3) is 5.56 Å². The molecule has 0 fully saturated rings. The first kappa shape index (κ1) is 14.6. The minimum atomic E-state index is -0.416. The number of thiophene rings is 1. The lowest BCUT2D eigenvalue weighted by molar-refractivity contribution is -0.117. The number of rotatable bonds is 3. The molecule has 112 valence electrons. The molecule has 2 heterocycles. The fraction of sp³-hybridized carbons (Fsp3) is 0.500. The van der Waals surface area contributed by atoms with Crippen LogP contribution in [0.4, 0.5) is 0 Å². The number of nitrogens with two attached hydrogens (primary N) is 1. The van der Waals surface area contributed by atoms with Crippen LogP contribution >= 0.6 is 23.1 Å². The van der Waals surface area contributed by atoms with Crippen LogP contribution in [0.1, 0.15) is 30.7 Å². The number of carbonyl (C=O) groups is 1. The summed E-state index contributed by atoms with van der Waals surface area (Å²) in [7, 11) is 0. The van der Waals surface area contributed by atoms with Crippen LogP contribution in [0.15, 0.2) is 9.95 Å². The average Bonchev–Trinajstić information content (AvgIpc) is 2.75. The van der Waals surface area contributed by atoms with Gasteiger partial charge in [0.2, 0.25) is 5.91 Å². The van der Waals surface area contributed by atoms with Crippen molar-refractivity contribution in [3.63, 3.8) is 0 Å². The van der Waals surface area contributed by atoms with Crippen LogP contribution in [0, 0.1) is 5.92 Å². The van der Waals surface area contributed by atoms with Crippen molar-refractivity contribution < 1.29 is 4.79 Å². The molecular weight excluding hydrogens is 306 g/mol. The molecule has 5 nitrogen and oxygen atoms in total. The van der Waals surface area contributed by atoms with Gasteiger partial charge in [0, 0.05) is 4.88 Å². The summed E-state index contributed by atoms with van der Waals surface area (Å²) in [6.45, 7) is 3.94. The SMILES string of the molecule is C[C@H]1CCc2c(sc3nc(S[C@H](C)C(N)=O)[nH]c(=O)c23)C1. The lowest BCUT2D eigenvalue weighted by atomic mass is 9.89. The summed E-state index contributed by atoms with van der Waals surface area (Å²) in [5.74, 6) is 0.246. The normalized spacial score (nSPS) is 19.4. The number of hydrogen-bond donors (Lipinski definition) is 2. The summed E-state index contributed by atoms with van der Waals surface area (Å²) in [5.41, 5.74) is 6.31. The summed E-state index contributed by atoms with van der Waals surface area (Å²) >= 11 is 2.80. The Morgan fingerprint density at radius 3 is 3.05 bits per heavy atom. The Labute approximate surface area is 130 Å². The topological polar surface area (TPSA) is 88.8 Å². The molecule has 3 rings (SSSR count). The standard InChI is InChI=1S/C14H17N3O2S2/c1-6-3-4-8-9(5-6)21-13-10(8)12(19)16-14(17-13)20-7(2)11(15)18/h6-7H,3-5H2,1-2H3,(H2,15,18)(H,16,17,19)/t6-,7+/m0/s1. The van der Waals surface area contributed by atoms with Gasteiger partial charge in [-0.05, 0) is 37.7 Å². The van der Waals surface area contributed by atoms with Gasteiger partial charge in [-0.15, -0.1) is 11.3 Å². The van der Waals surface area contributed by atoms with E-state index >= 15 is 0 Å². The second-order valence-electron chi connectivity index (χ2n) is 5.57. The smallest absolute Gasteiger partial charge is 0.260 e. The second-order valence-corrected chi connectivity index (χ2v) is 7.98. The van der Waals surface area contributed by atoms with Crippen molar-refractivity contribution in [2.75, 3.05) is 0 Å². The number of nitrogens with one attached hydrogen (secondary N) is 1. The second kappa shape index (κ2) is 5.46.